The van der Waals surface area contributed by atoms with Gasteiger partial charge < -0.3 is 5.73 Å². The largest absolute Gasteiger partial charge is 0.329 e. The van der Waals surface area contributed by atoms with Gasteiger partial charge in [-0.3, -0.25) is 4.90 Å². The highest BCUT2D eigenvalue weighted by Gasteiger charge is 2.09. The standard InChI is InChI=1S/C17H25N3S/c1-2-6-16-14-21-17(19-16)13-20(12-10-18)11-9-15-7-4-3-5-8-15/h3-5,7-8,14H,2,6,9-13,18H2,1H3. The summed E-state index contributed by atoms with van der Waals surface area (Å²) in [6.45, 7) is 5.76. The van der Waals surface area contributed by atoms with Crippen LogP contribution in [0.2, 0.25) is 0 Å². The van der Waals surface area contributed by atoms with Gasteiger partial charge in [0.2, 0.25) is 0 Å². The molecule has 0 fully saturated rings. The quantitative estimate of drug-likeness (QED) is 0.774. The Bertz CT molecular complexity index is 510. The normalized spacial score (nSPS) is 11.2. The number of hydrogen-bond donors (Lipinski definition) is 1. The van der Waals surface area contributed by atoms with E-state index in [1.807, 2.05) is 0 Å². The molecular weight excluding hydrogens is 278 g/mol. The zero-order valence-electron chi connectivity index (χ0n) is 12.8. The average Bonchev–Trinajstić information content (AvgIpc) is 2.94. The first-order chi connectivity index (χ1) is 10.3. The van der Waals surface area contributed by atoms with Crippen molar-refractivity contribution in [1.82, 2.24) is 9.88 Å². The van der Waals surface area contributed by atoms with E-state index in [-0.39, 0.29) is 0 Å². The van der Waals surface area contributed by atoms with Crippen LogP contribution in [0.1, 0.15) is 29.6 Å². The summed E-state index contributed by atoms with van der Waals surface area (Å²) < 4.78 is 0. The molecule has 0 unspecified atom stereocenters. The minimum absolute atomic E-state index is 0.696. The van der Waals surface area contributed by atoms with Crippen molar-refractivity contribution in [2.45, 2.75) is 32.7 Å². The first-order valence-electron chi connectivity index (χ1n) is 7.71. The van der Waals surface area contributed by atoms with Crippen LogP contribution in [-0.2, 0) is 19.4 Å². The highest BCUT2D eigenvalue weighted by molar-refractivity contribution is 7.09. The molecule has 0 saturated carbocycles. The van der Waals surface area contributed by atoms with Crippen LogP contribution >= 0.6 is 11.3 Å². The predicted molar refractivity (Wildman–Crippen MR) is 90.6 cm³/mol. The number of nitrogens with zero attached hydrogens (tertiary/aromatic N) is 2. The third kappa shape index (κ3) is 5.58. The molecule has 3 nitrogen and oxygen atoms in total. The molecular formula is C17H25N3S. The number of benzene rings is 1. The molecule has 0 spiro atoms. The summed E-state index contributed by atoms with van der Waals surface area (Å²) in [5.74, 6) is 0. The summed E-state index contributed by atoms with van der Waals surface area (Å²) in [5.41, 5.74) is 8.36. The lowest BCUT2D eigenvalue weighted by atomic mass is 10.1. The maximum absolute atomic E-state index is 5.75. The van der Waals surface area contributed by atoms with Gasteiger partial charge in [-0.05, 0) is 18.4 Å². The lowest BCUT2D eigenvalue weighted by Gasteiger charge is -2.20. The molecule has 0 amide bonds. The van der Waals surface area contributed by atoms with E-state index in [9.17, 15) is 0 Å². The molecule has 0 atom stereocenters. The molecule has 0 aliphatic carbocycles. The van der Waals surface area contributed by atoms with E-state index in [4.69, 9.17) is 10.7 Å². The molecule has 0 bridgehead atoms. The van der Waals surface area contributed by atoms with Crippen molar-refractivity contribution >= 4 is 11.3 Å². The van der Waals surface area contributed by atoms with Crippen LogP contribution in [0, 0.1) is 0 Å². The van der Waals surface area contributed by atoms with Gasteiger partial charge in [0.25, 0.3) is 0 Å². The second-order valence-corrected chi connectivity index (χ2v) is 6.23. The van der Waals surface area contributed by atoms with Crippen LogP contribution in [-0.4, -0.2) is 29.5 Å². The Kier molecular flexibility index (Phi) is 6.86. The van der Waals surface area contributed by atoms with Crippen LogP contribution in [0.15, 0.2) is 35.7 Å². The van der Waals surface area contributed by atoms with Gasteiger partial charge in [-0.1, -0.05) is 43.7 Å². The van der Waals surface area contributed by atoms with Crippen molar-refractivity contribution in [2.24, 2.45) is 5.73 Å². The Morgan fingerprint density at radius 1 is 1.14 bits per heavy atom. The summed E-state index contributed by atoms with van der Waals surface area (Å²) >= 11 is 1.77. The highest BCUT2D eigenvalue weighted by atomic mass is 32.1. The Morgan fingerprint density at radius 3 is 2.67 bits per heavy atom. The highest BCUT2D eigenvalue weighted by Crippen LogP contribution is 2.14. The lowest BCUT2D eigenvalue weighted by molar-refractivity contribution is 0.276. The minimum Gasteiger partial charge on any atom is -0.329 e. The molecule has 2 N–H and O–H groups in total. The third-order valence-electron chi connectivity index (χ3n) is 3.47. The average molecular weight is 303 g/mol. The van der Waals surface area contributed by atoms with Crippen LogP contribution in [0.3, 0.4) is 0 Å². The first-order valence-corrected chi connectivity index (χ1v) is 8.59. The number of nitrogens with two attached hydrogens (primary N) is 1. The number of hydrogen-bond acceptors (Lipinski definition) is 4. The summed E-state index contributed by atoms with van der Waals surface area (Å²) in [7, 11) is 0. The number of rotatable bonds is 9. The number of aromatic nitrogens is 1. The topological polar surface area (TPSA) is 42.1 Å². The fraction of sp³-hybridized carbons (Fsp3) is 0.471. The van der Waals surface area contributed by atoms with E-state index in [0.717, 1.165) is 38.9 Å². The van der Waals surface area contributed by atoms with Crippen LogP contribution in [0.4, 0.5) is 0 Å². The van der Waals surface area contributed by atoms with Crippen molar-refractivity contribution in [3.05, 3.63) is 52.0 Å². The molecule has 0 radical (unpaired) electrons. The molecule has 1 heterocycles. The molecule has 4 heteroatoms. The summed E-state index contributed by atoms with van der Waals surface area (Å²) in [6, 6.07) is 10.6. The van der Waals surface area contributed by atoms with Crippen molar-refractivity contribution in [3.8, 4) is 0 Å². The minimum atomic E-state index is 0.696. The molecule has 0 saturated heterocycles. The van der Waals surface area contributed by atoms with Gasteiger partial charge in [0.15, 0.2) is 0 Å². The second kappa shape index (κ2) is 8.93. The van der Waals surface area contributed by atoms with Crippen LogP contribution in [0.5, 0.6) is 0 Å². The van der Waals surface area contributed by atoms with E-state index >= 15 is 0 Å². The zero-order valence-corrected chi connectivity index (χ0v) is 13.6. The molecule has 0 aliphatic heterocycles. The van der Waals surface area contributed by atoms with Crippen molar-refractivity contribution in [1.29, 1.82) is 0 Å². The maximum Gasteiger partial charge on any atom is 0.107 e. The monoisotopic (exact) mass is 303 g/mol. The van der Waals surface area contributed by atoms with E-state index in [0.29, 0.717) is 6.54 Å². The SMILES string of the molecule is CCCc1csc(CN(CCN)CCc2ccccc2)n1. The lowest BCUT2D eigenvalue weighted by Crippen LogP contribution is -2.31. The molecule has 2 rings (SSSR count). The fourth-order valence-corrected chi connectivity index (χ4v) is 3.24. The number of aryl methyl sites for hydroxylation is 1. The second-order valence-electron chi connectivity index (χ2n) is 5.28. The fourth-order valence-electron chi connectivity index (χ4n) is 2.37. The predicted octanol–water partition coefficient (Wildman–Crippen LogP) is 3.10. The molecule has 21 heavy (non-hydrogen) atoms. The van der Waals surface area contributed by atoms with Gasteiger partial charge in [0.05, 0.1) is 12.2 Å². The Morgan fingerprint density at radius 2 is 1.95 bits per heavy atom. The molecule has 1 aromatic heterocycles. The van der Waals surface area contributed by atoms with Crippen molar-refractivity contribution in [2.75, 3.05) is 19.6 Å². The van der Waals surface area contributed by atoms with E-state index in [1.54, 1.807) is 11.3 Å². The van der Waals surface area contributed by atoms with Gasteiger partial charge >= 0.3 is 0 Å². The summed E-state index contributed by atoms with van der Waals surface area (Å²) in [4.78, 5) is 7.12. The van der Waals surface area contributed by atoms with Crippen molar-refractivity contribution < 1.29 is 0 Å². The van der Waals surface area contributed by atoms with E-state index in [1.165, 1.54) is 16.3 Å². The summed E-state index contributed by atoms with van der Waals surface area (Å²) in [6.07, 6.45) is 3.30. The van der Waals surface area contributed by atoms with Gasteiger partial charge in [0.1, 0.15) is 5.01 Å². The summed E-state index contributed by atoms with van der Waals surface area (Å²) in [5, 5.41) is 3.40. The molecule has 114 valence electrons. The first kappa shape index (κ1) is 16.1. The Balaban J connectivity index is 1.88. The Labute approximate surface area is 131 Å². The van der Waals surface area contributed by atoms with Gasteiger partial charge in [-0.15, -0.1) is 11.3 Å². The van der Waals surface area contributed by atoms with Gasteiger partial charge in [0, 0.05) is 25.0 Å². The smallest absolute Gasteiger partial charge is 0.107 e. The van der Waals surface area contributed by atoms with Crippen molar-refractivity contribution in [3.63, 3.8) is 0 Å². The molecule has 2 aromatic rings. The zero-order chi connectivity index (χ0) is 14.9. The molecule has 0 aliphatic rings. The van der Waals surface area contributed by atoms with Gasteiger partial charge in [-0.25, -0.2) is 4.98 Å². The Hall–Kier alpha value is -1.23. The third-order valence-corrected chi connectivity index (χ3v) is 4.35. The van der Waals surface area contributed by atoms with Crippen LogP contribution in [0.25, 0.3) is 0 Å². The number of thiazole rings is 1. The van der Waals surface area contributed by atoms with Gasteiger partial charge in [-0.2, -0.15) is 0 Å². The van der Waals surface area contributed by atoms with E-state index < -0.39 is 0 Å². The van der Waals surface area contributed by atoms with E-state index in [2.05, 4.69) is 47.5 Å². The molecule has 1 aromatic carbocycles. The maximum atomic E-state index is 5.75. The van der Waals surface area contributed by atoms with Crippen LogP contribution < -0.4 is 5.73 Å².